The predicted octanol–water partition coefficient (Wildman–Crippen LogP) is -0.137. The lowest BCUT2D eigenvalue weighted by molar-refractivity contribution is 0.0768. The minimum Gasteiger partial charge on any atom is -0.339 e. The van der Waals surface area contributed by atoms with Gasteiger partial charge in [0.1, 0.15) is 5.69 Å². The van der Waals surface area contributed by atoms with E-state index in [0.717, 1.165) is 15.2 Å². The maximum atomic E-state index is 12.5. The number of carbonyl (C=O) groups excluding carboxylic acids is 1. The van der Waals surface area contributed by atoms with Gasteiger partial charge in [-0.3, -0.25) is 18.7 Å². The molecule has 0 atom stereocenters. The van der Waals surface area contributed by atoms with Crippen molar-refractivity contribution in [1.82, 2.24) is 24.2 Å². The summed E-state index contributed by atoms with van der Waals surface area (Å²) in [7, 11) is 4.33. The second-order valence-corrected chi connectivity index (χ2v) is 5.63. The molecule has 0 unspecified atom stereocenters. The Kier molecular flexibility index (Phi) is 4.48. The van der Waals surface area contributed by atoms with Gasteiger partial charge in [-0.25, -0.2) is 4.79 Å². The fourth-order valence-electron chi connectivity index (χ4n) is 1.98. The third-order valence-electron chi connectivity index (χ3n) is 3.45. The molecule has 0 N–H and O–H groups in total. The Bertz CT molecular complexity index is 846. The van der Waals surface area contributed by atoms with Crippen molar-refractivity contribution in [2.24, 2.45) is 14.1 Å². The van der Waals surface area contributed by atoms with Crippen molar-refractivity contribution in [3.63, 3.8) is 0 Å². The van der Waals surface area contributed by atoms with Crippen LogP contribution in [0.3, 0.4) is 0 Å². The molecule has 124 valence electrons. The van der Waals surface area contributed by atoms with E-state index in [0.29, 0.717) is 11.7 Å². The number of aromatic nitrogens is 4. The van der Waals surface area contributed by atoms with Crippen molar-refractivity contribution < 1.29 is 9.32 Å². The van der Waals surface area contributed by atoms with Crippen LogP contribution < -0.4 is 11.2 Å². The zero-order valence-electron chi connectivity index (χ0n) is 13.7. The summed E-state index contributed by atoms with van der Waals surface area (Å²) in [4.78, 5) is 41.6. The summed E-state index contributed by atoms with van der Waals surface area (Å²) in [5.74, 6) is 0.466. The first-order valence-electron chi connectivity index (χ1n) is 7.07. The Balaban J connectivity index is 2.26. The van der Waals surface area contributed by atoms with Crippen LogP contribution >= 0.6 is 0 Å². The van der Waals surface area contributed by atoms with Gasteiger partial charge in [0.15, 0.2) is 5.82 Å². The van der Waals surface area contributed by atoms with Crippen LogP contribution in [0.2, 0.25) is 0 Å². The van der Waals surface area contributed by atoms with Crippen molar-refractivity contribution in [3.8, 4) is 0 Å². The minimum atomic E-state index is -0.559. The molecule has 9 heteroatoms. The number of hydrogen-bond donors (Lipinski definition) is 0. The molecule has 0 aliphatic rings. The molecule has 0 radical (unpaired) electrons. The number of nitrogens with zero attached hydrogens (tertiary/aromatic N) is 5. The van der Waals surface area contributed by atoms with Crippen molar-refractivity contribution in [1.29, 1.82) is 0 Å². The van der Waals surface area contributed by atoms with E-state index in [1.807, 2.05) is 13.8 Å². The molecule has 0 saturated heterocycles. The molecule has 0 aromatic carbocycles. The van der Waals surface area contributed by atoms with E-state index in [1.165, 1.54) is 26.0 Å². The number of rotatable bonds is 4. The average molecular weight is 321 g/mol. The van der Waals surface area contributed by atoms with Gasteiger partial charge in [0.25, 0.3) is 11.5 Å². The molecule has 2 aromatic heterocycles. The van der Waals surface area contributed by atoms with Gasteiger partial charge >= 0.3 is 5.69 Å². The molecule has 0 bridgehead atoms. The van der Waals surface area contributed by atoms with Crippen LogP contribution in [0, 0.1) is 0 Å². The van der Waals surface area contributed by atoms with Crippen LogP contribution in [0.25, 0.3) is 0 Å². The Labute approximate surface area is 132 Å². The van der Waals surface area contributed by atoms with Crippen LogP contribution in [0.15, 0.2) is 20.2 Å². The van der Waals surface area contributed by atoms with E-state index in [1.54, 1.807) is 0 Å². The van der Waals surface area contributed by atoms with Gasteiger partial charge < -0.3 is 9.42 Å². The number of hydrogen-bond acceptors (Lipinski definition) is 6. The molecule has 9 nitrogen and oxygen atoms in total. The first-order chi connectivity index (χ1) is 10.7. The van der Waals surface area contributed by atoms with Crippen LogP contribution in [-0.4, -0.2) is 37.1 Å². The van der Waals surface area contributed by atoms with E-state index < -0.39 is 17.2 Å². The normalized spacial score (nSPS) is 11.0. The summed E-state index contributed by atoms with van der Waals surface area (Å²) < 4.78 is 7.15. The zero-order chi connectivity index (χ0) is 17.3. The Morgan fingerprint density at radius 1 is 1.30 bits per heavy atom. The van der Waals surface area contributed by atoms with Gasteiger partial charge in [0.05, 0.1) is 6.54 Å². The summed E-state index contributed by atoms with van der Waals surface area (Å²) in [5.41, 5.74) is -1.09. The van der Waals surface area contributed by atoms with Gasteiger partial charge in [-0.2, -0.15) is 4.98 Å². The fourth-order valence-corrected chi connectivity index (χ4v) is 1.98. The van der Waals surface area contributed by atoms with Gasteiger partial charge in [0, 0.05) is 33.1 Å². The number of carbonyl (C=O) groups is 1. The summed E-state index contributed by atoms with van der Waals surface area (Å²) >= 11 is 0. The molecule has 23 heavy (non-hydrogen) atoms. The third-order valence-corrected chi connectivity index (χ3v) is 3.45. The quantitative estimate of drug-likeness (QED) is 0.776. The first-order valence-corrected chi connectivity index (χ1v) is 7.07. The van der Waals surface area contributed by atoms with Gasteiger partial charge in [0.2, 0.25) is 5.89 Å². The smallest absolute Gasteiger partial charge is 0.331 e. The summed E-state index contributed by atoms with van der Waals surface area (Å²) in [6, 6.07) is 1.13. The molecule has 0 spiro atoms. The van der Waals surface area contributed by atoms with Crippen molar-refractivity contribution in [2.45, 2.75) is 26.3 Å². The average Bonchev–Trinajstić information content (AvgIpc) is 2.96. The van der Waals surface area contributed by atoms with E-state index in [9.17, 15) is 14.4 Å². The molecule has 2 heterocycles. The molecule has 0 fully saturated rings. The van der Waals surface area contributed by atoms with Crippen LogP contribution in [0.1, 0.15) is 42.0 Å². The van der Waals surface area contributed by atoms with Crippen molar-refractivity contribution in [3.05, 3.63) is 44.3 Å². The Hall–Kier alpha value is -2.71. The van der Waals surface area contributed by atoms with E-state index in [4.69, 9.17) is 4.52 Å². The largest absolute Gasteiger partial charge is 0.339 e. The van der Waals surface area contributed by atoms with Crippen LogP contribution in [0.5, 0.6) is 0 Å². The highest BCUT2D eigenvalue weighted by Crippen LogP contribution is 2.12. The number of amides is 1. The van der Waals surface area contributed by atoms with E-state index >= 15 is 0 Å². The second kappa shape index (κ2) is 6.19. The van der Waals surface area contributed by atoms with Gasteiger partial charge in [-0.15, -0.1) is 0 Å². The Morgan fingerprint density at radius 2 is 1.96 bits per heavy atom. The highest BCUT2D eigenvalue weighted by molar-refractivity contribution is 5.92. The molecule has 0 aliphatic carbocycles. The summed E-state index contributed by atoms with van der Waals surface area (Å²) in [6.07, 6.45) is 0. The predicted molar refractivity (Wildman–Crippen MR) is 81.1 cm³/mol. The molecule has 2 rings (SSSR count). The highest BCUT2D eigenvalue weighted by atomic mass is 16.5. The van der Waals surface area contributed by atoms with E-state index in [-0.39, 0.29) is 18.2 Å². The topological polar surface area (TPSA) is 103 Å². The van der Waals surface area contributed by atoms with Gasteiger partial charge in [-0.05, 0) is 0 Å². The lowest BCUT2D eigenvalue weighted by atomic mass is 10.2. The Morgan fingerprint density at radius 3 is 2.52 bits per heavy atom. The summed E-state index contributed by atoms with van der Waals surface area (Å²) in [6.45, 7) is 3.95. The molecule has 1 amide bonds. The monoisotopic (exact) mass is 321 g/mol. The van der Waals surface area contributed by atoms with Crippen LogP contribution in [0.4, 0.5) is 0 Å². The molecule has 0 aliphatic heterocycles. The fraction of sp³-hybridized carbons (Fsp3) is 0.500. The molecule has 2 aromatic rings. The lowest BCUT2D eigenvalue weighted by Gasteiger charge is -2.17. The molecule has 0 saturated carbocycles. The van der Waals surface area contributed by atoms with E-state index in [2.05, 4.69) is 10.1 Å². The third kappa shape index (κ3) is 3.22. The zero-order valence-corrected chi connectivity index (χ0v) is 13.7. The molecular formula is C14H19N5O4. The second-order valence-electron chi connectivity index (χ2n) is 5.63. The lowest BCUT2D eigenvalue weighted by Crippen LogP contribution is -2.41. The highest BCUT2D eigenvalue weighted by Gasteiger charge is 2.20. The molecular weight excluding hydrogens is 302 g/mol. The standard InChI is InChI=1S/C14H19N5O4/c1-8(2)12-15-10(16-23-12)7-17(3)13(21)9-6-11(20)19(5)14(22)18(9)4/h6,8H,7H2,1-5H3. The maximum absolute atomic E-state index is 12.5. The van der Waals surface area contributed by atoms with Gasteiger partial charge in [-0.1, -0.05) is 19.0 Å². The van der Waals surface area contributed by atoms with Crippen molar-refractivity contribution >= 4 is 5.91 Å². The maximum Gasteiger partial charge on any atom is 0.331 e. The van der Waals surface area contributed by atoms with Crippen molar-refractivity contribution in [2.75, 3.05) is 7.05 Å². The SMILES string of the molecule is CC(C)c1nc(CN(C)C(=O)c2cc(=O)n(C)c(=O)n2C)no1. The van der Waals surface area contributed by atoms with Crippen LogP contribution in [-0.2, 0) is 20.6 Å². The first kappa shape index (κ1) is 16.7. The summed E-state index contributed by atoms with van der Waals surface area (Å²) in [5, 5.41) is 3.81. The minimum absolute atomic E-state index is 0.00757.